The predicted octanol–water partition coefficient (Wildman–Crippen LogP) is 0.856. The molecule has 2 aliphatic heterocycles. The quantitative estimate of drug-likeness (QED) is 0.779. The van der Waals surface area contributed by atoms with Crippen molar-refractivity contribution in [1.29, 1.82) is 0 Å². The summed E-state index contributed by atoms with van der Waals surface area (Å²) in [6.07, 6.45) is 2.48. The Morgan fingerprint density at radius 2 is 2.00 bits per heavy atom. The highest BCUT2D eigenvalue weighted by Gasteiger charge is 2.28. The number of β-amino-alcohol motifs (C(OH)–C–C–N with tert-alkyl or cyclic N) is 1. The van der Waals surface area contributed by atoms with Crippen molar-refractivity contribution in [3.05, 3.63) is 18.2 Å². The first-order valence-corrected chi connectivity index (χ1v) is 8.97. The molecule has 2 saturated heterocycles. The minimum atomic E-state index is 0.260. The van der Waals surface area contributed by atoms with Gasteiger partial charge in [-0.25, -0.2) is 0 Å². The van der Waals surface area contributed by atoms with Crippen LogP contribution in [-0.2, 0) is 0 Å². The first-order valence-electron chi connectivity index (χ1n) is 8.97. The van der Waals surface area contributed by atoms with Crippen LogP contribution in [0.25, 0.3) is 0 Å². The van der Waals surface area contributed by atoms with E-state index >= 15 is 0 Å². The van der Waals surface area contributed by atoms with E-state index in [1.807, 2.05) is 6.07 Å². The largest absolute Gasteiger partial charge is 0.495 e. The number of anilines is 2. The summed E-state index contributed by atoms with van der Waals surface area (Å²) in [5, 5.41) is 9.08. The van der Waals surface area contributed by atoms with Gasteiger partial charge in [0.2, 0.25) is 0 Å². The number of nitrogens with zero attached hydrogens (tertiary/aromatic N) is 3. The molecule has 1 unspecified atom stereocenters. The third kappa shape index (κ3) is 3.94. The van der Waals surface area contributed by atoms with Gasteiger partial charge in [0.15, 0.2) is 0 Å². The molecule has 1 aromatic rings. The molecule has 2 fully saturated rings. The molecule has 6 heteroatoms. The Hall–Kier alpha value is -1.50. The molecule has 0 bridgehead atoms. The molecular weight excluding hydrogens is 304 g/mol. The van der Waals surface area contributed by atoms with Gasteiger partial charge in [0.1, 0.15) is 5.75 Å². The number of hydrogen-bond acceptors (Lipinski definition) is 6. The summed E-state index contributed by atoms with van der Waals surface area (Å²) in [5.41, 5.74) is 7.83. The second kappa shape index (κ2) is 8.05. The number of benzene rings is 1. The Morgan fingerprint density at radius 1 is 1.21 bits per heavy atom. The Labute approximate surface area is 144 Å². The van der Waals surface area contributed by atoms with E-state index < -0.39 is 0 Å². The van der Waals surface area contributed by atoms with Crippen LogP contribution in [0.3, 0.4) is 0 Å². The second-order valence-electron chi connectivity index (χ2n) is 6.77. The third-order valence-electron chi connectivity index (χ3n) is 5.32. The van der Waals surface area contributed by atoms with E-state index in [0.29, 0.717) is 11.7 Å². The number of ether oxygens (including phenoxy) is 1. The van der Waals surface area contributed by atoms with Crippen LogP contribution < -0.4 is 15.4 Å². The Morgan fingerprint density at radius 3 is 2.71 bits per heavy atom. The number of rotatable bonds is 5. The van der Waals surface area contributed by atoms with Crippen molar-refractivity contribution in [1.82, 2.24) is 9.80 Å². The number of piperidine rings is 1. The van der Waals surface area contributed by atoms with Crippen molar-refractivity contribution in [3.8, 4) is 5.75 Å². The maximum Gasteiger partial charge on any atom is 0.143 e. The van der Waals surface area contributed by atoms with Crippen molar-refractivity contribution >= 4 is 11.4 Å². The molecule has 0 spiro atoms. The Bertz CT molecular complexity index is 532. The summed E-state index contributed by atoms with van der Waals surface area (Å²) in [6, 6.07) is 6.69. The lowest BCUT2D eigenvalue weighted by molar-refractivity contribution is 0.0779. The van der Waals surface area contributed by atoms with E-state index in [4.69, 9.17) is 15.6 Å². The van der Waals surface area contributed by atoms with E-state index in [-0.39, 0.29) is 6.61 Å². The van der Waals surface area contributed by atoms with Crippen LogP contribution in [-0.4, -0.2) is 80.5 Å². The SMILES string of the molecule is COc1cc(N2CCCC(N3CCN(CCO)CC3)C2)ccc1N. The van der Waals surface area contributed by atoms with Gasteiger partial charge in [0, 0.05) is 63.6 Å². The average molecular weight is 334 g/mol. The third-order valence-corrected chi connectivity index (χ3v) is 5.32. The van der Waals surface area contributed by atoms with Crippen molar-refractivity contribution < 1.29 is 9.84 Å². The first-order chi connectivity index (χ1) is 11.7. The molecule has 0 aliphatic carbocycles. The van der Waals surface area contributed by atoms with Crippen LogP contribution in [0.4, 0.5) is 11.4 Å². The summed E-state index contributed by atoms with van der Waals surface area (Å²) in [7, 11) is 1.67. The summed E-state index contributed by atoms with van der Waals surface area (Å²) in [6.45, 7) is 7.54. The number of piperazine rings is 1. The lowest BCUT2D eigenvalue weighted by Gasteiger charge is -2.44. The normalized spacial score (nSPS) is 23.4. The van der Waals surface area contributed by atoms with Gasteiger partial charge < -0.3 is 20.5 Å². The molecule has 1 aromatic carbocycles. The molecule has 134 valence electrons. The fraction of sp³-hybridized carbons (Fsp3) is 0.667. The molecule has 24 heavy (non-hydrogen) atoms. The fourth-order valence-corrected chi connectivity index (χ4v) is 3.88. The highest BCUT2D eigenvalue weighted by atomic mass is 16.5. The van der Waals surface area contributed by atoms with Gasteiger partial charge in [-0.1, -0.05) is 0 Å². The van der Waals surface area contributed by atoms with Gasteiger partial charge in [-0.15, -0.1) is 0 Å². The molecule has 0 amide bonds. The van der Waals surface area contributed by atoms with Gasteiger partial charge >= 0.3 is 0 Å². The summed E-state index contributed by atoms with van der Waals surface area (Å²) < 4.78 is 5.37. The van der Waals surface area contributed by atoms with Crippen LogP contribution in [0.15, 0.2) is 18.2 Å². The van der Waals surface area contributed by atoms with E-state index in [9.17, 15) is 0 Å². The maximum absolute atomic E-state index is 9.08. The van der Waals surface area contributed by atoms with Crippen LogP contribution >= 0.6 is 0 Å². The van der Waals surface area contributed by atoms with Crippen molar-refractivity contribution in [2.75, 3.05) is 70.2 Å². The smallest absolute Gasteiger partial charge is 0.143 e. The lowest BCUT2D eigenvalue weighted by Crippen LogP contribution is -2.55. The molecule has 0 aromatic heterocycles. The molecule has 1 atom stereocenters. The molecule has 2 aliphatic rings. The van der Waals surface area contributed by atoms with Crippen LogP contribution in [0, 0.1) is 0 Å². The number of nitrogens with two attached hydrogens (primary N) is 1. The number of nitrogen functional groups attached to an aromatic ring is 1. The van der Waals surface area contributed by atoms with Gasteiger partial charge in [-0.3, -0.25) is 9.80 Å². The number of methoxy groups -OCH3 is 1. The fourth-order valence-electron chi connectivity index (χ4n) is 3.88. The molecule has 0 radical (unpaired) electrons. The molecule has 0 saturated carbocycles. The minimum Gasteiger partial charge on any atom is -0.495 e. The molecule has 3 N–H and O–H groups in total. The summed E-state index contributed by atoms with van der Waals surface area (Å²) in [4.78, 5) is 7.42. The van der Waals surface area contributed by atoms with Crippen molar-refractivity contribution in [2.24, 2.45) is 0 Å². The zero-order chi connectivity index (χ0) is 16.9. The lowest BCUT2D eigenvalue weighted by atomic mass is 10.0. The van der Waals surface area contributed by atoms with Crippen LogP contribution in [0.1, 0.15) is 12.8 Å². The standard InChI is InChI=1S/C18H30N4O2/c1-24-18-13-15(4-5-17(18)19)22-6-2-3-16(14-22)21-9-7-20(8-10-21)11-12-23/h4-5,13,16,23H,2-3,6-12,14,19H2,1H3. The molecule has 3 rings (SSSR count). The summed E-state index contributed by atoms with van der Waals surface area (Å²) in [5.74, 6) is 0.757. The van der Waals surface area contributed by atoms with Crippen LogP contribution in [0.5, 0.6) is 5.75 Å². The zero-order valence-corrected chi connectivity index (χ0v) is 14.7. The number of aliphatic hydroxyl groups is 1. The highest BCUT2D eigenvalue weighted by Crippen LogP contribution is 2.30. The number of hydrogen-bond donors (Lipinski definition) is 2. The zero-order valence-electron chi connectivity index (χ0n) is 14.7. The van der Waals surface area contributed by atoms with E-state index in [0.717, 1.165) is 51.6 Å². The summed E-state index contributed by atoms with van der Waals surface area (Å²) >= 11 is 0. The second-order valence-corrected chi connectivity index (χ2v) is 6.77. The van der Waals surface area contributed by atoms with Crippen molar-refractivity contribution in [3.63, 3.8) is 0 Å². The predicted molar refractivity (Wildman–Crippen MR) is 97.7 cm³/mol. The monoisotopic (exact) mass is 334 g/mol. The van der Waals surface area contributed by atoms with E-state index in [2.05, 4.69) is 26.8 Å². The topological polar surface area (TPSA) is 65.2 Å². The van der Waals surface area contributed by atoms with Crippen molar-refractivity contribution in [2.45, 2.75) is 18.9 Å². The first kappa shape index (κ1) is 17.3. The molecule has 2 heterocycles. The minimum absolute atomic E-state index is 0.260. The Kier molecular flexibility index (Phi) is 5.81. The maximum atomic E-state index is 9.08. The highest BCUT2D eigenvalue weighted by molar-refractivity contribution is 5.62. The van der Waals surface area contributed by atoms with Crippen LogP contribution in [0.2, 0.25) is 0 Å². The van der Waals surface area contributed by atoms with E-state index in [1.165, 1.54) is 18.5 Å². The van der Waals surface area contributed by atoms with E-state index in [1.54, 1.807) is 7.11 Å². The average Bonchev–Trinajstić information content (AvgIpc) is 2.63. The molecular formula is C18H30N4O2. The van der Waals surface area contributed by atoms with Gasteiger partial charge in [-0.05, 0) is 25.0 Å². The Balaban J connectivity index is 1.60. The molecule has 6 nitrogen and oxygen atoms in total. The van der Waals surface area contributed by atoms with Gasteiger partial charge in [0.25, 0.3) is 0 Å². The van der Waals surface area contributed by atoms with Gasteiger partial charge in [-0.2, -0.15) is 0 Å². The van der Waals surface area contributed by atoms with Gasteiger partial charge in [0.05, 0.1) is 19.4 Å². The number of aliphatic hydroxyl groups excluding tert-OH is 1.